The molecular formula is C31H27Cl2NO5S. The van der Waals surface area contributed by atoms with Crippen LogP contribution in [0.15, 0.2) is 84.9 Å². The number of rotatable bonds is 10. The fourth-order valence-electron chi connectivity index (χ4n) is 3.97. The summed E-state index contributed by atoms with van der Waals surface area (Å²) < 4.78 is 17.0. The lowest BCUT2D eigenvalue weighted by molar-refractivity contribution is -0.142. The van der Waals surface area contributed by atoms with Crippen molar-refractivity contribution >= 4 is 53.4 Å². The van der Waals surface area contributed by atoms with Gasteiger partial charge in [0.15, 0.2) is 11.5 Å². The molecule has 0 saturated heterocycles. The highest BCUT2D eigenvalue weighted by Gasteiger charge is 2.19. The molecule has 4 rings (SSSR count). The Morgan fingerprint density at radius 3 is 2.15 bits per heavy atom. The Hall–Kier alpha value is -3.65. The second-order valence-corrected chi connectivity index (χ2v) is 10.1. The molecule has 0 heterocycles. The molecule has 4 aromatic carbocycles. The van der Waals surface area contributed by atoms with E-state index in [-0.39, 0.29) is 18.3 Å². The Balaban J connectivity index is 1.70. The fraction of sp³-hybridized carbons (Fsp3) is 0.161. The molecule has 1 unspecified atom stereocenters. The van der Waals surface area contributed by atoms with Crippen LogP contribution in [-0.2, 0) is 16.0 Å². The first-order chi connectivity index (χ1) is 19.3. The van der Waals surface area contributed by atoms with Crippen molar-refractivity contribution in [2.75, 3.05) is 19.0 Å². The van der Waals surface area contributed by atoms with E-state index in [0.29, 0.717) is 56.3 Å². The normalized spacial score (nSPS) is 11.4. The van der Waals surface area contributed by atoms with Gasteiger partial charge in [0.2, 0.25) is 0 Å². The summed E-state index contributed by atoms with van der Waals surface area (Å²) >= 11 is 17.0. The number of methoxy groups -OCH3 is 1. The van der Waals surface area contributed by atoms with Crippen LogP contribution in [0, 0.1) is 0 Å². The van der Waals surface area contributed by atoms with Gasteiger partial charge in [-0.05, 0) is 84.8 Å². The molecule has 40 heavy (non-hydrogen) atoms. The third-order valence-electron chi connectivity index (χ3n) is 5.96. The summed E-state index contributed by atoms with van der Waals surface area (Å²) in [7, 11) is 1.54. The number of nitrogens with one attached hydrogen (secondary N) is 1. The standard InChI is InChI=1S/C31H27Cl2NO5S/c1-3-38-29(35)17-19-4-14-27(37-2)28(16-19)39-26-15-13-24(34-31(36)21-7-11-23(33)12-8-21)18-25(26)30(40)20-5-9-22(32)10-6-20/h4-16,18,30,40H,3,17H2,1-2H3,(H,34,36). The second kappa shape index (κ2) is 13.6. The lowest BCUT2D eigenvalue weighted by atomic mass is 10.0. The Kier molecular flexibility index (Phi) is 9.98. The van der Waals surface area contributed by atoms with E-state index >= 15 is 0 Å². The maximum atomic E-state index is 12.9. The molecular weight excluding hydrogens is 569 g/mol. The molecule has 9 heteroatoms. The average Bonchev–Trinajstić information content (AvgIpc) is 2.94. The van der Waals surface area contributed by atoms with E-state index in [0.717, 1.165) is 5.56 Å². The van der Waals surface area contributed by atoms with Crippen molar-refractivity contribution in [3.8, 4) is 17.2 Å². The van der Waals surface area contributed by atoms with E-state index in [4.69, 9.17) is 50.0 Å². The number of benzene rings is 4. The number of hydrogen-bond acceptors (Lipinski definition) is 6. The minimum Gasteiger partial charge on any atom is -0.493 e. The van der Waals surface area contributed by atoms with Crippen molar-refractivity contribution in [3.63, 3.8) is 0 Å². The third kappa shape index (κ3) is 7.50. The van der Waals surface area contributed by atoms with Crippen LogP contribution >= 0.6 is 35.8 Å². The number of carbonyl (C=O) groups is 2. The van der Waals surface area contributed by atoms with E-state index in [1.165, 1.54) is 0 Å². The molecule has 0 aliphatic rings. The monoisotopic (exact) mass is 595 g/mol. The Morgan fingerprint density at radius 1 is 0.850 bits per heavy atom. The summed E-state index contributed by atoms with van der Waals surface area (Å²) in [6.45, 7) is 2.06. The van der Waals surface area contributed by atoms with Crippen LogP contribution in [0.2, 0.25) is 10.0 Å². The van der Waals surface area contributed by atoms with Crippen molar-refractivity contribution < 1.29 is 23.8 Å². The quantitative estimate of drug-likeness (QED) is 0.143. The van der Waals surface area contributed by atoms with Gasteiger partial charge in [0, 0.05) is 26.9 Å². The van der Waals surface area contributed by atoms with Crippen molar-refractivity contribution in [2.45, 2.75) is 18.6 Å². The van der Waals surface area contributed by atoms with Gasteiger partial charge in [-0.3, -0.25) is 9.59 Å². The number of amides is 1. The number of carbonyl (C=O) groups excluding carboxylic acids is 2. The van der Waals surface area contributed by atoms with Gasteiger partial charge in [0.1, 0.15) is 5.75 Å². The summed E-state index contributed by atoms with van der Waals surface area (Å²) in [6, 6.07) is 24.5. The third-order valence-corrected chi connectivity index (χ3v) is 7.04. The number of anilines is 1. The minimum absolute atomic E-state index is 0.0939. The van der Waals surface area contributed by atoms with Gasteiger partial charge in [-0.25, -0.2) is 0 Å². The van der Waals surface area contributed by atoms with Crippen LogP contribution in [0.3, 0.4) is 0 Å². The maximum Gasteiger partial charge on any atom is 0.310 e. The largest absolute Gasteiger partial charge is 0.493 e. The maximum absolute atomic E-state index is 12.9. The Labute approximate surface area is 248 Å². The zero-order valence-electron chi connectivity index (χ0n) is 21.8. The van der Waals surface area contributed by atoms with E-state index in [2.05, 4.69) is 5.32 Å². The van der Waals surface area contributed by atoms with E-state index in [9.17, 15) is 9.59 Å². The first kappa shape index (κ1) is 29.3. The van der Waals surface area contributed by atoms with E-state index in [1.54, 1.807) is 80.8 Å². The number of esters is 1. The fourth-order valence-corrected chi connectivity index (χ4v) is 4.60. The van der Waals surface area contributed by atoms with Gasteiger partial charge in [0.05, 0.1) is 25.4 Å². The highest BCUT2D eigenvalue weighted by molar-refractivity contribution is 7.80. The number of ether oxygens (including phenoxy) is 3. The zero-order valence-corrected chi connectivity index (χ0v) is 24.2. The number of thiol groups is 1. The minimum atomic E-state index is -0.423. The summed E-state index contributed by atoms with van der Waals surface area (Å²) in [6.07, 6.45) is 0.0939. The summed E-state index contributed by atoms with van der Waals surface area (Å²) in [5.74, 6) is 0.775. The first-order valence-electron chi connectivity index (χ1n) is 12.4. The van der Waals surface area contributed by atoms with Gasteiger partial charge < -0.3 is 19.5 Å². The molecule has 0 radical (unpaired) electrons. The molecule has 0 bridgehead atoms. The molecule has 1 N–H and O–H groups in total. The average molecular weight is 597 g/mol. The van der Waals surface area contributed by atoms with Gasteiger partial charge in [-0.15, -0.1) is 0 Å². The lowest BCUT2D eigenvalue weighted by Crippen LogP contribution is -2.12. The topological polar surface area (TPSA) is 73.9 Å². The molecule has 4 aromatic rings. The molecule has 0 spiro atoms. The summed E-state index contributed by atoms with van der Waals surface area (Å²) in [5, 5.41) is 3.65. The van der Waals surface area contributed by atoms with Gasteiger partial charge in [-0.1, -0.05) is 41.4 Å². The van der Waals surface area contributed by atoms with Gasteiger partial charge in [0.25, 0.3) is 5.91 Å². The van der Waals surface area contributed by atoms with Crippen LogP contribution in [-0.4, -0.2) is 25.6 Å². The SMILES string of the molecule is CCOC(=O)Cc1ccc(OC)c(Oc2ccc(NC(=O)c3ccc(Cl)cc3)cc2C(S)c2ccc(Cl)cc2)c1. The Morgan fingerprint density at radius 2 is 1.50 bits per heavy atom. The van der Waals surface area contributed by atoms with Crippen LogP contribution in [0.1, 0.15) is 39.2 Å². The van der Waals surface area contributed by atoms with Crippen molar-refractivity contribution in [2.24, 2.45) is 0 Å². The van der Waals surface area contributed by atoms with E-state index < -0.39 is 5.25 Å². The number of hydrogen-bond donors (Lipinski definition) is 2. The summed E-state index contributed by atoms with van der Waals surface area (Å²) in [4.78, 5) is 24.9. The molecule has 0 saturated carbocycles. The smallest absolute Gasteiger partial charge is 0.310 e. The van der Waals surface area contributed by atoms with Crippen LogP contribution in [0.5, 0.6) is 17.2 Å². The van der Waals surface area contributed by atoms with Crippen LogP contribution < -0.4 is 14.8 Å². The zero-order chi connectivity index (χ0) is 28.6. The lowest BCUT2D eigenvalue weighted by Gasteiger charge is -2.20. The van der Waals surface area contributed by atoms with Gasteiger partial charge >= 0.3 is 5.97 Å². The molecule has 0 aliphatic carbocycles. The highest BCUT2D eigenvalue weighted by Crippen LogP contribution is 2.41. The van der Waals surface area contributed by atoms with Crippen molar-refractivity contribution in [1.82, 2.24) is 0 Å². The molecule has 1 amide bonds. The van der Waals surface area contributed by atoms with E-state index in [1.807, 2.05) is 18.2 Å². The van der Waals surface area contributed by atoms with Crippen LogP contribution in [0.25, 0.3) is 0 Å². The van der Waals surface area contributed by atoms with Crippen molar-refractivity contribution in [3.05, 3.63) is 117 Å². The Bertz CT molecular complexity index is 1490. The summed E-state index contributed by atoms with van der Waals surface area (Å²) in [5.41, 5.74) is 3.30. The first-order valence-corrected chi connectivity index (χ1v) is 13.7. The highest BCUT2D eigenvalue weighted by atomic mass is 35.5. The predicted octanol–water partition coefficient (Wildman–Crippen LogP) is 8.17. The molecule has 0 fully saturated rings. The molecule has 0 aromatic heterocycles. The van der Waals surface area contributed by atoms with Crippen LogP contribution in [0.4, 0.5) is 5.69 Å². The van der Waals surface area contributed by atoms with Gasteiger partial charge in [-0.2, -0.15) is 12.6 Å². The van der Waals surface area contributed by atoms with Crippen molar-refractivity contribution in [1.29, 1.82) is 0 Å². The molecule has 206 valence electrons. The molecule has 1 atom stereocenters. The molecule has 0 aliphatic heterocycles. The molecule has 6 nitrogen and oxygen atoms in total. The second-order valence-electron chi connectivity index (χ2n) is 8.74. The predicted molar refractivity (Wildman–Crippen MR) is 162 cm³/mol. The number of halogens is 2.